The highest BCUT2D eigenvalue weighted by Crippen LogP contribution is 2.30. The van der Waals surface area contributed by atoms with E-state index in [-0.39, 0.29) is 0 Å². The number of nitrogens with zero attached hydrogens (tertiary/aromatic N) is 3. The van der Waals surface area contributed by atoms with Crippen LogP contribution in [0, 0.1) is 5.92 Å². The maximum Gasteiger partial charge on any atom is 0.0963 e. The summed E-state index contributed by atoms with van der Waals surface area (Å²) in [6.45, 7) is 15.0. The zero-order valence-electron chi connectivity index (χ0n) is 15.6. The zero-order chi connectivity index (χ0) is 17.1. The molecular formula is C20H31N3S. The third-order valence-corrected chi connectivity index (χ3v) is 6.57. The Morgan fingerprint density at radius 1 is 1.12 bits per heavy atom. The maximum atomic E-state index is 4.75. The molecule has 1 saturated heterocycles. The van der Waals surface area contributed by atoms with E-state index in [0.29, 0.717) is 5.92 Å². The lowest BCUT2D eigenvalue weighted by atomic mass is 10.0. The van der Waals surface area contributed by atoms with Crippen molar-refractivity contribution in [3.63, 3.8) is 0 Å². The molecule has 1 aromatic heterocycles. The van der Waals surface area contributed by atoms with Gasteiger partial charge in [-0.15, -0.1) is 11.3 Å². The van der Waals surface area contributed by atoms with Crippen LogP contribution in [0.4, 0.5) is 5.69 Å². The summed E-state index contributed by atoms with van der Waals surface area (Å²) < 4.78 is 1.33. The number of hydrogen-bond acceptors (Lipinski definition) is 4. The van der Waals surface area contributed by atoms with Gasteiger partial charge in [0.1, 0.15) is 0 Å². The van der Waals surface area contributed by atoms with Gasteiger partial charge in [0.15, 0.2) is 0 Å². The van der Waals surface area contributed by atoms with Crippen molar-refractivity contribution in [2.45, 2.75) is 46.5 Å². The van der Waals surface area contributed by atoms with E-state index in [1.807, 2.05) is 11.3 Å². The molecule has 1 aliphatic rings. The second kappa shape index (κ2) is 7.83. The summed E-state index contributed by atoms with van der Waals surface area (Å²) in [4.78, 5) is 9.92. The van der Waals surface area contributed by atoms with E-state index in [2.05, 4.69) is 55.7 Å². The Morgan fingerprint density at radius 2 is 1.88 bits per heavy atom. The Hall–Kier alpha value is -1.13. The van der Waals surface area contributed by atoms with Crippen molar-refractivity contribution in [3.8, 4) is 0 Å². The van der Waals surface area contributed by atoms with Gasteiger partial charge in [-0.05, 0) is 37.1 Å². The second-order valence-corrected chi connectivity index (χ2v) is 8.55. The van der Waals surface area contributed by atoms with Gasteiger partial charge < -0.3 is 4.90 Å². The Bertz CT molecular complexity index is 656. The highest BCUT2D eigenvalue weighted by atomic mass is 32.1. The van der Waals surface area contributed by atoms with Gasteiger partial charge in [0.25, 0.3) is 0 Å². The Morgan fingerprint density at radius 3 is 2.54 bits per heavy atom. The van der Waals surface area contributed by atoms with Crippen LogP contribution in [0.2, 0.25) is 0 Å². The van der Waals surface area contributed by atoms with Crippen LogP contribution in [0.15, 0.2) is 18.2 Å². The SMILES string of the molecule is CCC(C)CCN1CCN(c2ccc3nc(C(C)C)sc3c2)CC1. The summed E-state index contributed by atoms with van der Waals surface area (Å²) in [7, 11) is 0. The molecular weight excluding hydrogens is 314 g/mol. The lowest BCUT2D eigenvalue weighted by molar-refractivity contribution is 0.240. The monoisotopic (exact) mass is 345 g/mol. The molecule has 0 N–H and O–H groups in total. The van der Waals surface area contributed by atoms with Crippen molar-refractivity contribution < 1.29 is 0 Å². The highest BCUT2D eigenvalue weighted by Gasteiger charge is 2.18. The number of anilines is 1. The zero-order valence-corrected chi connectivity index (χ0v) is 16.4. The summed E-state index contributed by atoms with van der Waals surface area (Å²) in [5.41, 5.74) is 2.52. The summed E-state index contributed by atoms with van der Waals surface area (Å²) >= 11 is 1.85. The summed E-state index contributed by atoms with van der Waals surface area (Å²) in [6, 6.07) is 6.79. The number of aromatic nitrogens is 1. The molecule has 2 aromatic rings. The molecule has 3 nitrogen and oxygen atoms in total. The van der Waals surface area contributed by atoms with Crippen molar-refractivity contribution in [2.24, 2.45) is 5.92 Å². The molecule has 4 heteroatoms. The molecule has 1 aliphatic heterocycles. The molecule has 0 saturated carbocycles. The van der Waals surface area contributed by atoms with Crippen LogP contribution in [0.3, 0.4) is 0 Å². The van der Waals surface area contributed by atoms with E-state index in [9.17, 15) is 0 Å². The van der Waals surface area contributed by atoms with E-state index in [0.717, 1.165) is 24.5 Å². The lowest BCUT2D eigenvalue weighted by Crippen LogP contribution is -2.46. The number of fused-ring (bicyclic) bond motifs is 1. The van der Waals surface area contributed by atoms with Crippen molar-refractivity contribution in [2.75, 3.05) is 37.6 Å². The van der Waals surface area contributed by atoms with Crippen molar-refractivity contribution in [1.29, 1.82) is 0 Å². The van der Waals surface area contributed by atoms with E-state index in [4.69, 9.17) is 4.98 Å². The van der Waals surface area contributed by atoms with Crippen molar-refractivity contribution in [3.05, 3.63) is 23.2 Å². The Labute approximate surface area is 150 Å². The summed E-state index contributed by atoms with van der Waals surface area (Å²) in [5.74, 6) is 1.37. The van der Waals surface area contributed by atoms with Crippen LogP contribution in [-0.2, 0) is 0 Å². The first-order chi connectivity index (χ1) is 11.6. The van der Waals surface area contributed by atoms with Crippen molar-refractivity contribution >= 4 is 27.2 Å². The fourth-order valence-electron chi connectivity index (χ4n) is 3.21. The molecule has 1 atom stereocenters. The van der Waals surface area contributed by atoms with Crippen LogP contribution in [-0.4, -0.2) is 42.6 Å². The number of hydrogen-bond donors (Lipinski definition) is 0. The maximum absolute atomic E-state index is 4.75. The predicted octanol–water partition coefficient (Wildman–Crippen LogP) is 4.98. The van der Waals surface area contributed by atoms with Crippen molar-refractivity contribution in [1.82, 2.24) is 9.88 Å². The fraction of sp³-hybridized carbons (Fsp3) is 0.650. The average molecular weight is 346 g/mol. The van der Waals surface area contributed by atoms with Crippen LogP contribution >= 0.6 is 11.3 Å². The first-order valence-corrected chi connectivity index (χ1v) is 10.3. The molecule has 0 aliphatic carbocycles. The molecule has 1 aromatic carbocycles. The molecule has 0 amide bonds. The topological polar surface area (TPSA) is 19.4 Å². The van der Waals surface area contributed by atoms with Gasteiger partial charge in [-0.3, -0.25) is 4.90 Å². The largest absolute Gasteiger partial charge is 0.369 e. The molecule has 0 bridgehead atoms. The number of rotatable bonds is 6. The van der Waals surface area contributed by atoms with E-state index >= 15 is 0 Å². The van der Waals surface area contributed by atoms with Gasteiger partial charge in [0.05, 0.1) is 15.2 Å². The smallest absolute Gasteiger partial charge is 0.0963 e. The Balaban J connectivity index is 1.60. The average Bonchev–Trinajstić information content (AvgIpc) is 3.03. The van der Waals surface area contributed by atoms with E-state index in [1.54, 1.807) is 0 Å². The molecule has 1 unspecified atom stereocenters. The number of benzene rings is 1. The van der Waals surface area contributed by atoms with Gasteiger partial charge in [-0.2, -0.15) is 0 Å². The first-order valence-electron chi connectivity index (χ1n) is 9.44. The first kappa shape index (κ1) is 17.7. The number of piperazine rings is 1. The molecule has 2 heterocycles. The van der Waals surface area contributed by atoms with Crippen LogP contribution < -0.4 is 4.90 Å². The molecule has 0 radical (unpaired) electrons. The molecule has 0 spiro atoms. The molecule has 132 valence electrons. The summed E-state index contributed by atoms with van der Waals surface area (Å²) in [5, 5.41) is 1.25. The minimum atomic E-state index is 0.514. The van der Waals surface area contributed by atoms with Gasteiger partial charge in [-0.25, -0.2) is 4.98 Å². The quantitative estimate of drug-likeness (QED) is 0.736. The molecule has 24 heavy (non-hydrogen) atoms. The summed E-state index contributed by atoms with van der Waals surface area (Å²) in [6.07, 6.45) is 2.63. The van der Waals surface area contributed by atoms with Gasteiger partial charge in [-0.1, -0.05) is 34.1 Å². The molecule has 3 rings (SSSR count). The number of thiazole rings is 1. The van der Waals surface area contributed by atoms with Gasteiger partial charge in [0, 0.05) is 37.8 Å². The highest BCUT2D eigenvalue weighted by molar-refractivity contribution is 7.18. The molecule has 1 fully saturated rings. The van der Waals surface area contributed by atoms with Crippen LogP contribution in [0.1, 0.15) is 51.5 Å². The van der Waals surface area contributed by atoms with E-state index in [1.165, 1.54) is 47.9 Å². The minimum absolute atomic E-state index is 0.514. The minimum Gasteiger partial charge on any atom is -0.369 e. The predicted molar refractivity (Wildman–Crippen MR) is 106 cm³/mol. The lowest BCUT2D eigenvalue weighted by Gasteiger charge is -2.36. The van der Waals surface area contributed by atoms with Crippen LogP contribution in [0.5, 0.6) is 0 Å². The van der Waals surface area contributed by atoms with Crippen LogP contribution in [0.25, 0.3) is 10.2 Å². The second-order valence-electron chi connectivity index (χ2n) is 7.49. The van der Waals surface area contributed by atoms with Gasteiger partial charge in [0.2, 0.25) is 0 Å². The third kappa shape index (κ3) is 4.09. The fourth-order valence-corrected chi connectivity index (χ4v) is 4.21. The standard InChI is InChI=1S/C20H31N3S/c1-5-16(4)8-9-22-10-12-23(13-11-22)17-6-7-18-19(14-17)24-20(21-18)15(2)3/h6-7,14-16H,5,8-13H2,1-4H3. The van der Waals surface area contributed by atoms with Gasteiger partial charge >= 0.3 is 0 Å². The van der Waals surface area contributed by atoms with E-state index < -0.39 is 0 Å². The Kier molecular flexibility index (Phi) is 5.77. The third-order valence-electron chi connectivity index (χ3n) is 5.25. The normalized spacial score (nSPS) is 17.8.